The van der Waals surface area contributed by atoms with E-state index in [4.69, 9.17) is 14.2 Å². The lowest BCUT2D eigenvalue weighted by Gasteiger charge is -2.18. The summed E-state index contributed by atoms with van der Waals surface area (Å²) in [5.74, 6) is -0.931. The minimum absolute atomic E-state index is 0.0962. The number of carbonyl (C=O) groups excluding carboxylic acids is 3. The zero-order chi connectivity index (χ0) is 52.2. The molecule has 410 valence electrons. The molecule has 0 amide bonds. The molecule has 0 spiro atoms. The van der Waals surface area contributed by atoms with E-state index in [-0.39, 0.29) is 31.1 Å². The second kappa shape index (κ2) is 59.6. The lowest BCUT2D eigenvalue weighted by molar-refractivity contribution is -0.167. The van der Waals surface area contributed by atoms with Crippen LogP contribution in [0.25, 0.3) is 0 Å². The van der Waals surface area contributed by atoms with E-state index in [9.17, 15) is 14.4 Å². The van der Waals surface area contributed by atoms with Crippen molar-refractivity contribution in [2.45, 2.75) is 277 Å². The van der Waals surface area contributed by atoms with Gasteiger partial charge in [-0.25, -0.2) is 0 Å². The van der Waals surface area contributed by atoms with Gasteiger partial charge in [0, 0.05) is 19.3 Å². The van der Waals surface area contributed by atoms with Crippen molar-refractivity contribution in [1.29, 1.82) is 0 Å². The summed E-state index contributed by atoms with van der Waals surface area (Å²) in [6.07, 6.45) is 80.8. The van der Waals surface area contributed by atoms with Crippen LogP contribution < -0.4 is 0 Å². The average molecular weight is 1000 g/mol. The smallest absolute Gasteiger partial charge is 0.306 e. The molecule has 0 fully saturated rings. The van der Waals surface area contributed by atoms with Crippen molar-refractivity contribution in [2.24, 2.45) is 0 Å². The number of rotatable bonds is 53. The molecule has 0 saturated carbocycles. The van der Waals surface area contributed by atoms with Crippen LogP contribution in [0.3, 0.4) is 0 Å². The molecule has 0 N–H and O–H groups in total. The van der Waals surface area contributed by atoms with Gasteiger partial charge in [0.15, 0.2) is 6.10 Å². The Morgan fingerprint density at radius 2 is 0.542 bits per heavy atom. The quantitative estimate of drug-likeness (QED) is 0.0261. The number of esters is 3. The van der Waals surface area contributed by atoms with E-state index < -0.39 is 6.10 Å². The first-order chi connectivity index (χ1) is 35.5. The van der Waals surface area contributed by atoms with Crippen LogP contribution in [0.1, 0.15) is 271 Å². The summed E-state index contributed by atoms with van der Waals surface area (Å²) in [6.45, 7) is 6.39. The third-order valence-electron chi connectivity index (χ3n) is 12.5. The first kappa shape index (κ1) is 68.1. The summed E-state index contributed by atoms with van der Waals surface area (Å²) in [6, 6.07) is 0. The van der Waals surface area contributed by atoms with Gasteiger partial charge >= 0.3 is 17.9 Å². The fraction of sp³-hybridized carbons (Fsp3) is 0.682. The number of ether oxygens (including phenoxy) is 3. The predicted molar refractivity (Wildman–Crippen MR) is 311 cm³/mol. The van der Waals surface area contributed by atoms with E-state index in [0.29, 0.717) is 19.3 Å². The second-order valence-electron chi connectivity index (χ2n) is 19.5. The summed E-state index contributed by atoms with van der Waals surface area (Å²) < 4.78 is 16.9. The highest BCUT2D eigenvalue weighted by Crippen LogP contribution is 2.15. The number of hydrogen-bond donors (Lipinski definition) is 0. The molecule has 1 atom stereocenters. The van der Waals surface area contributed by atoms with Crippen molar-refractivity contribution >= 4 is 17.9 Å². The average Bonchev–Trinajstić information content (AvgIpc) is 3.38. The molecule has 0 aliphatic heterocycles. The molecule has 6 heteroatoms. The highest BCUT2D eigenvalue weighted by Gasteiger charge is 2.19. The minimum atomic E-state index is -0.799. The SMILES string of the molecule is CC/C=C\C/C=C\C/C=C\C/C=C\C/C=C\CCCCCCCC(=O)OCC(COC(=O)CCCCCCC/C=C\C/C=C\C/C=C\CC)OC(=O)CCCCCCCCC/C=C\CCCCCCCCC. The zero-order valence-electron chi connectivity index (χ0n) is 46.9. The molecule has 0 aromatic carbocycles. The molecule has 0 rings (SSSR count). The van der Waals surface area contributed by atoms with Gasteiger partial charge in [-0.1, -0.05) is 239 Å². The Bertz CT molecular complexity index is 1470. The van der Waals surface area contributed by atoms with Gasteiger partial charge in [0.2, 0.25) is 0 Å². The lowest BCUT2D eigenvalue weighted by atomic mass is 10.1. The Kier molecular flexibility index (Phi) is 56.4. The Labute approximate surface area is 444 Å². The van der Waals surface area contributed by atoms with Crippen LogP contribution in [0.4, 0.5) is 0 Å². The van der Waals surface area contributed by atoms with Crippen molar-refractivity contribution in [3.05, 3.63) is 109 Å². The van der Waals surface area contributed by atoms with Gasteiger partial charge < -0.3 is 14.2 Å². The lowest BCUT2D eigenvalue weighted by Crippen LogP contribution is -2.30. The van der Waals surface area contributed by atoms with Crippen LogP contribution in [0, 0.1) is 0 Å². The maximum atomic E-state index is 12.9. The van der Waals surface area contributed by atoms with Crippen molar-refractivity contribution in [3.63, 3.8) is 0 Å². The number of hydrogen-bond acceptors (Lipinski definition) is 6. The molecule has 72 heavy (non-hydrogen) atoms. The topological polar surface area (TPSA) is 78.9 Å². The molecule has 0 aromatic heterocycles. The largest absolute Gasteiger partial charge is 0.462 e. The molecular formula is C66H110O6. The molecule has 0 aromatic rings. The standard InChI is InChI=1S/C66H110O6/c1-4-7-10-13-16-19-22-25-28-30-32-33-34-36-38-41-44-47-50-53-56-59-65(68)71-62-63(61-70-64(67)58-55-52-49-46-43-40-37-27-24-21-18-15-12-9-6-3)72-66(69)60-57-54-51-48-45-42-39-35-31-29-26-23-20-17-14-11-8-5-2/h7,9-10,12,16,18-19,21,25,27-29,31-33,36-38,63H,4-6,8,11,13-15,17,20,22-24,26,30,34-35,39-62H2,1-3H3/b10-7-,12-9-,19-16-,21-18-,28-25-,31-29-,33-32-,37-27-,38-36-. The first-order valence-corrected chi connectivity index (χ1v) is 29.9. The summed E-state index contributed by atoms with van der Waals surface area (Å²) in [4.78, 5) is 38.2. The summed E-state index contributed by atoms with van der Waals surface area (Å²) >= 11 is 0. The van der Waals surface area contributed by atoms with E-state index in [0.717, 1.165) is 148 Å². The Morgan fingerprint density at radius 1 is 0.292 bits per heavy atom. The van der Waals surface area contributed by atoms with Crippen LogP contribution in [0.15, 0.2) is 109 Å². The zero-order valence-corrected chi connectivity index (χ0v) is 46.9. The first-order valence-electron chi connectivity index (χ1n) is 29.9. The van der Waals surface area contributed by atoms with Gasteiger partial charge in [0.1, 0.15) is 13.2 Å². The molecule has 0 aliphatic carbocycles. The van der Waals surface area contributed by atoms with Crippen molar-refractivity contribution in [1.82, 2.24) is 0 Å². The number of unbranched alkanes of at least 4 members (excludes halogenated alkanes) is 24. The minimum Gasteiger partial charge on any atom is -0.462 e. The molecule has 0 radical (unpaired) electrons. The molecule has 0 heterocycles. The van der Waals surface area contributed by atoms with E-state index in [1.807, 2.05) is 0 Å². The molecular weight excluding hydrogens is 889 g/mol. The monoisotopic (exact) mass is 999 g/mol. The van der Waals surface area contributed by atoms with Gasteiger partial charge in [-0.15, -0.1) is 0 Å². The Morgan fingerprint density at radius 3 is 0.861 bits per heavy atom. The van der Waals surface area contributed by atoms with Crippen LogP contribution in [-0.4, -0.2) is 37.2 Å². The van der Waals surface area contributed by atoms with E-state index in [1.165, 1.54) is 83.5 Å². The summed E-state index contributed by atoms with van der Waals surface area (Å²) in [7, 11) is 0. The van der Waals surface area contributed by atoms with Crippen LogP contribution in [0.2, 0.25) is 0 Å². The fourth-order valence-corrected chi connectivity index (χ4v) is 8.07. The van der Waals surface area contributed by atoms with Gasteiger partial charge in [0.25, 0.3) is 0 Å². The van der Waals surface area contributed by atoms with Crippen molar-refractivity contribution < 1.29 is 28.6 Å². The van der Waals surface area contributed by atoms with Gasteiger partial charge in [-0.05, 0) is 122 Å². The molecule has 0 bridgehead atoms. The van der Waals surface area contributed by atoms with E-state index in [1.54, 1.807) is 0 Å². The third-order valence-corrected chi connectivity index (χ3v) is 12.5. The summed E-state index contributed by atoms with van der Waals surface area (Å²) in [5, 5.41) is 0. The maximum Gasteiger partial charge on any atom is 0.306 e. The van der Waals surface area contributed by atoms with Crippen molar-refractivity contribution in [3.8, 4) is 0 Å². The molecule has 1 unspecified atom stereocenters. The third kappa shape index (κ3) is 57.0. The number of carbonyl (C=O) groups is 3. The fourth-order valence-electron chi connectivity index (χ4n) is 8.07. The van der Waals surface area contributed by atoms with Gasteiger partial charge in [-0.2, -0.15) is 0 Å². The van der Waals surface area contributed by atoms with E-state index >= 15 is 0 Å². The molecule has 0 saturated heterocycles. The van der Waals surface area contributed by atoms with Crippen LogP contribution in [0.5, 0.6) is 0 Å². The van der Waals surface area contributed by atoms with Gasteiger partial charge in [-0.3, -0.25) is 14.4 Å². The van der Waals surface area contributed by atoms with E-state index in [2.05, 4.69) is 130 Å². The Balaban J connectivity index is 4.45. The molecule has 6 nitrogen and oxygen atoms in total. The van der Waals surface area contributed by atoms with Crippen LogP contribution in [-0.2, 0) is 28.6 Å². The number of allylic oxidation sites excluding steroid dienone is 18. The van der Waals surface area contributed by atoms with Crippen LogP contribution >= 0.6 is 0 Å². The normalized spacial score (nSPS) is 12.9. The highest BCUT2D eigenvalue weighted by atomic mass is 16.6. The molecule has 0 aliphatic rings. The van der Waals surface area contributed by atoms with Gasteiger partial charge in [0.05, 0.1) is 0 Å². The maximum absolute atomic E-state index is 12.9. The second-order valence-corrected chi connectivity index (χ2v) is 19.5. The predicted octanol–water partition coefficient (Wildman–Crippen LogP) is 20.3. The highest BCUT2D eigenvalue weighted by molar-refractivity contribution is 5.71. The Hall–Kier alpha value is -3.93. The summed E-state index contributed by atoms with van der Waals surface area (Å²) in [5.41, 5.74) is 0. The van der Waals surface area contributed by atoms with Crippen molar-refractivity contribution in [2.75, 3.05) is 13.2 Å².